The molecule has 19 heavy (non-hydrogen) atoms. The van der Waals surface area contributed by atoms with Gasteiger partial charge in [0.1, 0.15) is 0 Å². The molecule has 0 saturated carbocycles. The Morgan fingerprint density at radius 3 is 3.00 bits per heavy atom. The number of hydrogen-bond donors (Lipinski definition) is 2. The summed E-state index contributed by atoms with van der Waals surface area (Å²) in [4.78, 5) is 13.2. The molecule has 2 N–H and O–H groups in total. The van der Waals surface area contributed by atoms with E-state index in [0.29, 0.717) is 6.42 Å². The molecule has 4 heteroatoms. The molecule has 1 unspecified atom stereocenters. The summed E-state index contributed by atoms with van der Waals surface area (Å²) in [5.74, 6) is 0.946. The Morgan fingerprint density at radius 2 is 2.32 bits per heavy atom. The van der Waals surface area contributed by atoms with E-state index >= 15 is 0 Å². The van der Waals surface area contributed by atoms with Crippen molar-refractivity contribution >= 4 is 17.2 Å². The molecule has 1 aromatic heterocycles. The van der Waals surface area contributed by atoms with Gasteiger partial charge in [-0.3, -0.25) is 4.79 Å². The molecule has 2 rings (SSSR count). The van der Waals surface area contributed by atoms with E-state index in [1.165, 1.54) is 17.7 Å². The smallest absolute Gasteiger partial charge is 0.220 e. The highest BCUT2D eigenvalue weighted by Crippen LogP contribution is 2.17. The summed E-state index contributed by atoms with van der Waals surface area (Å²) in [5.41, 5.74) is 0. The van der Waals surface area contributed by atoms with Crippen molar-refractivity contribution in [2.75, 3.05) is 13.1 Å². The molecule has 1 fully saturated rings. The third kappa shape index (κ3) is 5.33. The van der Waals surface area contributed by atoms with E-state index in [1.807, 2.05) is 0 Å². The van der Waals surface area contributed by atoms with Crippen LogP contribution < -0.4 is 10.6 Å². The minimum absolute atomic E-state index is 0.211. The molecule has 0 bridgehead atoms. The van der Waals surface area contributed by atoms with Gasteiger partial charge in [-0.15, -0.1) is 11.3 Å². The van der Waals surface area contributed by atoms with E-state index < -0.39 is 0 Å². The van der Waals surface area contributed by atoms with E-state index in [9.17, 15) is 4.79 Å². The Labute approximate surface area is 119 Å². The minimum Gasteiger partial charge on any atom is -0.353 e. The number of carbonyl (C=O) groups excluding carboxylic acids is 1. The van der Waals surface area contributed by atoms with Crippen molar-refractivity contribution in [3.8, 4) is 0 Å². The quantitative estimate of drug-likeness (QED) is 0.841. The van der Waals surface area contributed by atoms with Crippen molar-refractivity contribution in [2.24, 2.45) is 5.92 Å². The number of hydrogen-bond acceptors (Lipinski definition) is 3. The zero-order valence-corrected chi connectivity index (χ0v) is 12.5. The van der Waals surface area contributed by atoms with E-state index in [1.54, 1.807) is 11.3 Å². The van der Waals surface area contributed by atoms with Crippen molar-refractivity contribution in [2.45, 2.75) is 45.1 Å². The number of thiophene rings is 1. The number of piperidine rings is 1. The van der Waals surface area contributed by atoms with E-state index in [2.05, 4.69) is 35.1 Å². The second-order valence-corrected chi connectivity index (χ2v) is 6.52. The van der Waals surface area contributed by atoms with E-state index in [-0.39, 0.29) is 11.9 Å². The highest BCUT2D eigenvalue weighted by molar-refractivity contribution is 7.09. The monoisotopic (exact) mass is 280 g/mol. The summed E-state index contributed by atoms with van der Waals surface area (Å²) in [7, 11) is 0. The summed E-state index contributed by atoms with van der Waals surface area (Å²) in [6.07, 6.45) is 5.10. The lowest BCUT2D eigenvalue weighted by atomic mass is 9.93. The zero-order valence-electron chi connectivity index (χ0n) is 11.7. The molecule has 106 valence electrons. The fraction of sp³-hybridized carbons (Fsp3) is 0.667. The van der Waals surface area contributed by atoms with Gasteiger partial charge in [0, 0.05) is 23.8 Å². The molecule has 0 spiro atoms. The van der Waals surface area contributed by atoms with Gasteiger partial charge in [0.05, 0.1) is 0 Å². The molecule has 1 aliphatic rings. The molecule has 1 aromatic rings. The first kappa shape index (κ1) is 14.5. The van der Waals surface area contributed by atoms with Crippen LogP contribution in [0.25, 0.3) is 0 Å². The van der Waals surface area contributed by atoms with Crippen molar-refractivity contribution in [3.63, 3.8) is 0 Å². The van der Waals surface area contributed by atoms with Crippen LogP contribution >= 0.6 is 11.3 Å². The molecule has 1 aliphatic heterocycles. The fourth-order valence-electron chi connectivity index (χ4n) is 2.63. The molecule has 1 saturated heterocycles. The van der Waals surface area contributed by atoms with Gasteiger partial charge < -0.3 is 10.6 Å². The molecule has 0 aromatic carbocycles. The standard InChI is InChI=1S/C15H24N2OS/c1-12(11-14-3-2-10-19-14)17-15(18)5-4-13-6-8-16-9-7-13/h2-3,10,12-13,16H,4-9,11H2,1H3,(H,17,18). The van der Waals surface area contributed by atoms with Gasteiger partial charge in [0.25, 0.3) is 0 Å². The molecular formula is C15H24N2OS. The van der Waals surface area contributed by atoms with Crippen LogP contribution in [0.15, 0.2) is 17.5 Å². The number of amides is 1. The average molecular weight is 280 g/mol. The third-order valence-corrected chi connectivity index (χ3v) is 4.63. The summed E-state index contributed by atoms with van der Waals surface area (Å²) < 4.78 is 0. The van der Waals surface area contributed by atoms with Crippen molar-refractivity contribution in [3.05, 3.63) is 22.4 Å². The van der Waals surface area contributed by atoms with Crippen molar-refractivity contribution in [1.82, 2.24) is 10.6 Å². The highest BCUT2D eigenvalue weighted by atomic mass is 32.1. The van der Waals surface area contributed by atoms with Gasteiger partial charge >= 0.3 is 0 Å². The molecule has 1 amide bonds. The van der Waals surface area contributed by atoms with Gasteiger partial charge in [-0.05, 0) is 56.6 Å². The summed E-state index contributed by atoms with van der Waals surface area (Å²) in [6, 6.07) is 4.42. The zero-order chi connectivity index (χ0) is 13.5. The van der Waals surface area contributed by atoms with Crippen LogP contribution in [0.1, 0.15) is 37.5 Å². The lowest BCUT2D eigenvalue weighted by Crippen LogP contribution is -2.34. The summed E-state index contributed by atoms with van der Waals surface area (Å²) in [5, 5.41) is 8.55. The third-order valence-electron chi connectivity index (χ3n) is 3.73. The lowest BCUT2D eigenvalue weighted by Gasteiger charge is -2.22. The Kier molecular flexibility index (Phi) is 5.86. The van der Waals surface area contributed by atoms with Gasteiger partial charge in [-0.25, -0.2) is 0 Å². The second-order valence-electron chi connectivity index (χ2n) is 5.48. The van der Waals surface area contributed by atoms with Crippen LogP contribution in [-0.4, -0.2) is 25.0 Å². The first-order chi connectivity index (χ1) is 9.24. The van der Waals surface area contributed by atoms with E-state index in [0.717, 1.165) is 31.8 Å². The van der Waals surface area contributed by atoms with Crippen LogP contribution in [0.4, 0.5) is 0 Å². The maximum absolute atomic E-state index is 11.9. The maximum atomic E-state index is 11.9. The number of rotatable bonds is 6. The molecule has 0 aliphatic carbocycles. The summed E-state index contributed by atoms with van der Waals surface area (Å²) >= 11 is 1.76. The van der Waals surface area contributed by atoms with Gasteiger partial charge in [0.15, 0.2) is 0 Å². The molecule has 3 nitrogen and oxygen atoms in total. The second kappa shape index (κ2) is 7.65. The Balaban J connectivity index is 1.63. The predicted octanol–water partition coefficient (Wildman–Crippen LogP) is 2.58. The van der Waals surface area contributed by atoms with Crippen LogP contribution in [0.2, 0.25) is 0 Å². The molecular weight excluding hydrogens is 256 g/mol. The number of carbonyl (C=O) groups is 1. The van der Waals surface area contributed by atoms with Crippen LogP contribution in [0.5, 0.6) is 0 Å². The summed E-state index contributed by atoms with van der Waals surface area (Å²) in [6.45, 7) is 4.31. The first-order valence-electron chi connectivity index (χ1n) is 7.26. The SMILES string of the molecule is CC(Cc1cccs1)NC(=O)CCC1CCNCC1. The Morgan fingerprint density at radius 1 is 1.53 bits per heavy atom. The first-order valence-corrected chi connectivity index (χ1v) is 8.14. The number of nitrogens with one attached hydrogen (secondary N) is 2. The normalized spacial score (nSPS) is 18.2. The van der Waals surface area contributed by atoms with Gasteiger partial charge in [-0.2, -0.15) is 0 Å². The van der Waals surface area contributed by atoms with Crippen molar-refractivity contribution < 1.29 is 4.79 Å². The molecule has 1 atom stereocenters. The predicted molar refractivity (Wildman–Crippen MR) is 80.5 cm³/mol. The molecule has 0 radical (unpaired) electrons. The van der Waals surface area contributed by atoms with Crippen LogP contribution in [0.3, 0.4) is 0 Å². The van der Waals surface area contributed by atoms with Crippen molar-refractivity contribution in [1.29, 1.82) is 0 Å². The Hall–Kier alpha value is -0.870. The fourth-order valence-corrected chi connectivity index (χ4v) is 3.47. The van der Waals surface area contributed by atoms with Gasteiger partial charge in [0.2, 0.25) is 5.91 Å². The Bertz CT molecular complexity index is 372. The van der Waals surface area contributed by atoms with Crippen LogP contribution in [-0.2, 0) is 11.2 Å². The topological polar surface area (TPSA) is 41.1 Å². The van der Waals surface area contributed by atoms with E-state index in [4.69, 9.17) is 0 Å². The highest BCUT2D eigenvalue weighted by Gasteiger charge is 2.15. The average Bonchev–Trinajstić information content (AvgIpc) is 2.90. The molecule has 2 heterocycles. The minimum atomic E-state index is 0.211. The van der Waals surface area contributed by atoms with Gasteiger partial charge in [-0.1, -0.05) is 6.07 Å². The maximum Gasteiger partial charge on any atom is 0.220 e. The van der Waals surface area contributed by atoms with Crippen LogP contribution in [0, 0.1) is 5.92 Å². The lowest BCUT2D eigenvalue weighted by molar-refractivity contribution is -0.122. The largest absolute Gasteiger partial charge is 0.353 e.